The first-order valence-electron chi connectivity index (χ1n) is 5.36. The molecule has 1 amide bonds. The van der Waals surface area contributed by atoms with Gasteiger partial charge in [-0.3, -0.25) is 4.79 Å². The highest BCUT2D eigenvalue weighted by atomic mass is 35.5. The van der Waals surface area contributed by atoms with Crippen molar-refractivity contribution in [2.45, 2.75) is 6.54 Å². The molecule has 4 N–H and O–H groups in total. The van der Waals surface area contributed by atoms with Crippen molar-refractivity contribution < 1.29 is 9.53 Å². The number of hydrogen-bond donors (Lipinski definition) is 2. The van der Waals surface area contributed by atoms with Gasteiger partial charge in [0.15, 0.2) is 0 Å². The van der Waals surface area contributed by atoms with Crippen LogP contribution in [0.5, 0.6) is 0 Å². The molecule has 0 saturated carbocycles. The summed E-state index contributed by atoms with van der Waals surface area (Å²) >= 11 is 6.02. The molecule has 0 saturated heterocycles. The maximum Gasteiger partial charge on any atom is 0.243 e. The largest absolute Gasteiger partial charge is 0.370 e. The summed E-state index contributed by atoms with van der Waals surface area (Å²) in [6, 6.07) is 5.45. The number of benzene rings is 1. The minimum absolute atomic E-state index is 0.104. The lowest BCUT2D eigenvalue weighted by Crippen LogP contribution is -2.20. The number of anilines is 1. The van der Waals surface area contributed by atoms with Crippen molar-refractivity contribution in [2.24, 2.45) is 5.73 Å². The maximum absolute atomic E-state index is 10.5. The number of nitrogen functional groups attached to an aromatic ring is 1. The summed E-state index contributed by atoms with van der Waals surface area (Å²) < 4.78 is 6.87. The molecule has 0 bridgehead atoms. The molecule has 0 spiro atoms. The van der Waals surface area contributed by atoms with Gasteiger partial charge in [-0.15, -0.1) is 0 Å². The number of imidazole rings is 1. The summed E-state index contributed by atoms with van der Waals surface area (Å²) in [5.41, 5.74) is 12.3. The predicted molar refractivity (Wildman–Crippen MR) is 69.2 cm³/mol. The number of primary amides is 1. The zero-order chi connectivity index (χ0) is 13.1. The van der Waals surface area contributed by atoms with Gasteiger partial charge in [0.05, 0.1) is 17.1 Å². The van der Waals surface area contributed by atoms with Crippen molar-refractivity contribution in [3.63, 3.8) is 0 Å². The molecule has 0 aliphatic carbocycles. The lowest BCUT2D eigenvalue weighted by atomic mass is 10.3. The Kier molecular flexibility index (Phi) is 3.69. The van der Waals surface area contributed by atoms with E-state index in [2.05, 4.69) is 4.98 Å². The van der Waals surface area contributed by atoms with Crippen LogP contribution in [0.4, 0.5) is 5.95 Å². The van der Waals surface area contributed by atoms with Gasteiger partial charge in [0.25, 0.3) is 0 Å². The van der Waals surface area contributed by atoms with Gasteiger partial charge in [0.1, 0.15) is 12.1 Å². The summed E-state index contributed by atoms with van der Waals surface area (Å²) in [7, 11) is 0. The highest BCUT2D eigenvalue weighted by molar-refractivity contribution is 6.35. The van der Waals surface area contributed by atoms with E-state index < -0.39 is 5.91 Å². The zero-order valence-corrected chi connectivity index (χ0v) is 10.4. The van der Waals surface area contributed by atoms with E-state index in [4.69, 9.17) is 27.8 Å². The first kappa shape index (κ1) is 12.7. The Bertz CT molecular complexity index is 582. The van der Waals surface area contributed by atoms with E-state index in [0.29, 0.717) is 29.6 Å². The minimum atomic E-state index is -0.499. The number of carbonyl (C=O) groups is 1. The molecule has 2 aromatic rings. The second kappa shape index (κ2) is 5.24. The number of fused-ring (bicyclic) bond motifs is 1. The fourth-order valence-corrected chi connectivity index (χ4v) is 1.91. The topological polar surface area (TPSA) is 96.2 Å². The van der Waals surface area contributed by atoms with Gasteiger partial charge in [-0.25, -0.2) is 4.98 Å². The van der Waals surface area contributed by atoms with Crippen LogP contribution in [0.2, 0.25) is 5.02 Å². The number of carbonyl (C=O) groups excluding carboxylic acids is 1. The molecule has 96 valence electrons. The van der Waals surface area contributed by atoms with Crippen LogP contribution in [-0.2, 0) is 16.1 Å². The first-order chi connectivity index (χ1) is 8.59. The fraction of sp³-hybridized carbons (Fsp3) is 0.273. The van der Waals surface area contributed by atoms with Crippen LogP contribution in [0.1, 0.15) is 0 Å². The van der Waals surface area contributed by atoms with Crippen molar-refractivity contribution in [3.05, 3.63) is 23.2 Å². The third kappa shape index (κ3) is 2.55. The number of ether oxygens (including phenoxy) is 1. The quantitative estimate of drug-likeness (QED) is 0.783. The van der Waals surface area contributed by atoms with Crippen molar-refractivity contribution in [3.8, 4) is 0 Å². The molecule has 1 aromatic heterocycles. The molecule has 0 unspecified atom stereocenters. The Hall–Kier alpha value is -1.79. The monoisotopic (exact) mass is 268 g/mol. The molecule has 2 rings (SSSR count). The van der Waals surface area contributed by atoms with E-state index in [-0.39, 0.29) is 6.61 Å². The summed E-state index contributed by atoms with van der Waals surface area (Å²) in [5, 5.41) is 0.552. The summed E-state index contributed by atoms with van der Waals surface area (Å²) in [6.45, 7) is 0.703. The highest BCUT2D eigenvalue weighted by Gasteiger charge is 2.10. The Morgan fingerprint density at radius 3 is 3.00 bits per heavy atom. The molecule has 0 radical (unpaired) electrons. The van der Waals surface area contributed by atoms with E-state index in [0.717, 1.165) is 5.52 Å². The number of hydrogen-bond acceptors (Lipinski definition) is 4. The van der Waals surface area contributed by atoms with E-state index in [1.807, 2.05) is 12.1 Å². The third-order valence-electron chi connectivity index (χ3n) is 2.46. The van der Waals surface area contributed by atoms with Crippen LogP contribution in [0.3, 0.4) is 0 Å². The molecule has 6 nitrogen and oxygen atoms in total. The maximum atomic E-state index is 10.5. The Morgan fingerprint density at radius 1 is 1.50 bits per heavy atom. The number of rotatable bonds is 5. The van der Waals surface area contributed by atoms with Gasteiger partial charge in [-0.1, -0.05) is 17.7 Å². The lowest BCUT2D eigenvalue weighted by Gasteiger charge is -2.06. The summed E-state index contributed by atoms with van der Waals surface area (Å²) in [5.74, 6) is -0.137. The highest BCUT2D eigenvalue weighted by Crippen LogP contribution is 2.24. The SMILES string of the molecule is NC(=O)COCCn1c(N)nc2c(Cl)cccc21. The number of nitrogens with zero attached hydrogens (tertiary/aromatic N) is 2. The zero-order valence-electron chi connectivity index (χ0n) is 9.60. The number of aromatic nitrogens is 2. The Labute approximate surface area is 108 Å². The molecule has 0 atom stereocenters. The number of para-hydroxylation sites is 1. The number of nitrogens with two attached hydrogens (primary N) is 2. The molecule has 1 aromatic carbocycles. The van der Waals surface area contributed by atoms with Crippen LogP contribution >= 0.6 is 11.6 Å². The van der Waals surface area contributed by atoms with Crippen LogP contribution in [-0.4, -0.2) is 28.7 Å². The van der Waals surface area contributed by atoms with Gasteiger partial charge in [-0.05, 0) is 12.1 Å². The lowest BCUT2D eigenvalue weighted by molar-refractivity contribution is -0.122. The normalized spacial score (nSPS) is 10.9. The third-order valence-corrected chi connectivity index (χ3v) is 2.77. The van der Waals surface area contributed by atoms with Gasteiger partial charge in [0.2, 0.25) is 11.9 Å². The van der Waals surface area contributed by atoms with E-state index in [9.17, 15) is 4.79 Å². The molecular formula is C11H13ClN4O2. The second-order valence-electron chi connectivity index (χ2n) is 3.75. The molecule has 0 fully saturated rings. The average molecular weight is 269 g/mol. The smallest absolute Gasteiger partial charge is 0.243 e. The van der Waals surface area contributed by atoms with E-state index in [1.54, 1.807) is 10.6 Å². The second-order valence-corrected chi connectivity index (χ2v) is 4.16. The van der Waals surface area contributed by atoms with Crippen LogP contribution in [0, 0.1) is 0 Å². The summed E-state index contributed by atoms with van der Waals surface area (Å²) in [4.78, 5) is 14.7. The van der Waals surface area contributed by atoms with Gasteiger partial charge < -0.3 is 20.8 Å². The summed E-state index contributed by atoms with van der Waals surface area (Å²) in [6.07, 6.45) is 0. The molecular weight excluding hydrogens is 256 g/mol. The Balaban J connectivity index is 2.15. The van der Waals surface area contributed by atoms with E-state index in [1.165, 1.54) is 0 Å². The minimum Gasteiger partial charge on any atom is -0.370 e. The predicted octanol–water partition coefficient (Wildman–Crippen LogP) is 0.774. The van der Waals surface area contributed by atoms with Gasteiger partial charge in [-0.2, -0.15) is 0 Å². The van der Waals surface area contributed by atoms with Crippen molar-refractivity contribution in [1.29, 1.82) is 0 Å². The van der Waals surface area contributed by atoms with Crippen molar-refractivity contribution in [2.75, 3.05) is 18.9 Å². The number of amides is 1. The molecule has 1 heterocycles. The molecule has 18 heavy (non-hydrogen) atoms. The van der Waals surface area contributed by atoms with Crippen LogP contribution in [0.15, 0.2) is 18.2 Å². The van der Waals surface area contributed by atoms with E-state index >= 15 is 0 Å². The number of halogens is 1. The molecule has 7 heteroatoms. The van der Waals surface area contributed by atoms with Gasteiger partial charge >= 0.3 is 0 Å². The van der Waals surface area contributed by atoms with Crippen molar-refractivity contribution in [1.82, 2.24) is 9.55 Å². The van der Waals surface area contributed by atoms with Crippen molar-refractivity contribution >= 4 is 34.5 Å². The molecule has 0 aliphatic heterocycles. The first-order valence-corrected chi connectivity index (χ1v) is 5.73. The van der Waals surface area contributed by atoms with Crippen LogP contribution in [0.25, 0.3) is 11.0 Å². The average Bonchev–Trinajstić information content (AvgIpc) is 2.63. The van der Waals surface area contributed by atoms with Gasteiger partial charge in [0, 0.05) is 6.54 Å². The standard InChI is InChI=1S/C11H13ClN4O2/c12-7-2-1-3-8-10(7)15-11(14)16(8)4-5-18-6-9(13)17/h1-3H,4-6H2,(H2,13,17)(H2,14,15). The molecule has 0 aliphatic rings. The Morgan fingerprint density at radius 2 is 2.28 bits per heavy atom. The van der Waals surface area contributed by atoms with Crippen LogP contribution < -0.4 is 11.5 Å². The fourth-order valence-electron chi connectivity index (χ4n) is 1.69.